The van der Waals surface area contributed by atoms with Crippen LogP contribution in [0.2, 0.25) is 0 Å². The van der Waals surface area contributed by atoms with Crippen molar-refractivity contribution in [2.75, 3.05) is 32.7 Å². The molecule has 0 saturated carbocycles. The molecule has 2 aliphatic rings. The van der Waals surface area contributed by atoms with Gasteiger partial charge in [0.25, 0.3) is 0 Å². The Morgan fingerprint density at radius 3 is 2.62 bits per heavy atom. The standard InChI is InChI=1S/C16H20F2N2O/c17-13-5-1-6-14(18)16(13)15(21)11-19-7-3-9-20-8-2-4-12(20)10-19/h1,5-6,12H,2-4,7-11H2. The van der Waals surface area contributed by atoms with Gasteiger partial charge in [0.1, 0.15) is 11.6 Å². The first-order valence-electron chi connectivity index (χ1n) is 7.59. The van der Waals surface area contributed by atoms with E-state index in [1.54, 1.807) is 0 Å². The molecule has 2 fully saturated rings. The maximum absolute atomic E-state index is 13.7. The summed E-state index contributed by atoms with van der Waals surface area (Å²) in [5.41, 5.74) is -0.398. The van der Waals surface area contributed by atoms with Gasteiger partial charge < -0.3 is 0 Å². The molecule has 0 spiro atoms. The Bertz CT molecular complexity index is 515. The average Bonchev–Trinajstić information content (AvgIpc) is 2.77. The van der Waals surface area contributed by atoms with E-state index in [4.69, 9.17) is 0 Å². The third-order valence-corrected chi connectivity index (χ3v) is 4.50. The third-order valence-electron chi connectivity index (χ3n) is 4.50. The van der Waals surface area contributed by atoms with Gasteiger partial charge >= 0.3 is 0 Å². The lowest BCUT2D eigenvalue weighted by atomic mass is 10.1. The zero-order valence-electron chi connectivity index (χ0n) is 12.0. The van der Waals surface area contributed by atoms with Crippen molar-refractivity contribution in [1.29, 1.82) is 0 Å². The number of benzene rings is 1. The van der Waals surface area contributed by atoms with Crippen LogP contribution in [0.4, 0.5) is 8.78 Å². The van der Waals surface area contributed by atoms with Crippen molar-refractivity contribution in [2.45, 2.75) is 25.3 Å². The highest BCUT2D eigenvalue weighted by atomic mass is 19.1. The van der Waals surface area contributed by atoms with Crippen LogP contribution in [0.5, 0.6) is 0 Å². The Hall–Kier alpha value is -1.33. The summed E-state index contributed by atoms with van der Waals surface area (Å²) in [6, 6.07) is 4.05. The lowest BCUT2D eigenvalue weighted by molar-refractivity contribution is 0.0916. The molecule has 1 aromatic carbocycles. The molecule has 3 rings (SSSR count). The van der Waals surface area contributed by atoms with Crippen LogP contribution < -0.4 is 0 Å². The topological polar surface area (TPSA) is 23.6 Å². The fourth-order valence-corrected chi connectivity index (χ4v) is 3.47. The zero-order chi connectivity index (χ0) is 14.8. The molecule has 3 nitrogen and oxygen atoms in total. The predicted molar refractivity (Wildman–Crippen MR) is 76.3 cm³/mol. The lowest BCUT2D eigenvalue weighted by Gasteiger charge is -2.25. The van der Waals surface area contributed by atoms with E-state index < -0.39 is 23.0 Å². The van der Waals surface area contributed by atoms with Gasteiger partial charge in [-0.25, -0.2) is 8.78 Å². The minimum atomic E-state index is -0.766. The molecule has 0 aromatic heterocycles. The highest BCUT2D eigenvalue weighted by Gasteiger charge is 2.30. The molecule has 0 amide bonds. The molecule has 114 valence electrons. The van der Waals surface area contributed by atoms with Gasteiger partial charge in [-0.15, -0.1) is 0 Å². The first-order chi connectivity index (χ1) is 10.1. The predicted octanol–water partition coefficient (Wildman–Crippen LogP) is 2.32. The van der Waals surface area contributed by atoms with E-state index in [0.29, 0.717) is 6.04 Å². The van der Waals surface area contributed by atoms with Gasteiger partial charge in [0.05, 0.1) is 12.1 Å². The molecule has 0 N–H and O–H groups in total. The van der Waals surface area contributed by atoms with Gasteiger partial charge in [-0.2, -0.15) is 0 Å². The Morgan fingerprint density at radius 2 is 1.86 bits per heavy atom. The molecule has 1 atom stereocenters. The van der Waals surface area contributed by atoms with Crippen LogP contribution in [0, 0.1) is 11.6 Å². The Balaban J connectivity index is 1.69. The van der Waals surface area contributed by atoms with E-state index in [1.165, 1.54) is 12.5 Å². The summed E-state index contributed by atoms with van der Waals surface area (Å²) >= 11 is 0. The van der Waals surface area contributed by atoms with Crippen molar-refractivity contribution in [3.63, 3.8) is 0 Å². The number of carbonyl (C=O) groups is 1. The Labute approximate surface area is 123 Å². The van der Waals surface area contributed by atoms with Gasteiger partial charge in [0.15, 0.2) is 5.78 Å². The van der Waals surface area contributed by atoms with E-state index >= 15 is 0 Å². The van der Waals surface area contributed by atoms with Crippen molar-refractivity contribution in [3.8, 4) is 0 Å². The van der Waals surface area contributed by atoms with E-state index in [9.17, 15) is 13.6 Å². The lowest BCUT2D eigenvalue weighted by Crippen LogP contribution is -2.39. The number of Topliss-reactive ketones (excluding diaryl/α,β-unsaturated/α-hetero) is 1. The second-order valence-corrected chi connectivity index (χ2v) is 5.94. The zero-order valence-corrected chi connectivity index (χ0v) is 12.0. The molecule has 2 heterocycles. The van der Waals surface area contributed by atoms with Gasteiger partial charge in [-0.05, 0) is 51.0 Å². The summed E-state index contributed by atoms with van der Waals surface area (Å²) in [6.07, 6.45) is 3.36. The van der Waals surface area contributed by atoms with E-state index in [0.717, 1.165) is 51.2 Å². The number of carbonyl (C=O) groups excluding carboxylic acids is 1. The summed E-state index contributed by atoms with van der Waals surface area (Å²) in [6.45, 7) is 3.93. The molecular formula is C16H20F2N2O. The summed E-state index contributed by atoms with van der Waals surface area (Å²) in [7, 11) is 0. The van der Waals surface area contributed by atoms with Crippen molar-refractivity contribution in [2.24, 2.45) is 0 Å². The summed E-state index contributed by atoms with van der Waals surface area (Å²) in [5.74, 6) is -1.99. The number of fused-ring (bicyclic) bond motifs is 1. The van der Waals surface area contributed by atoms with Crippen molar-refractivity contribution >= 4 is 5.78 Å². The number of ketones is 1. The fraction of sp³-hybridized carbons (Fsp3) is 0.562. The minimum absolute atomic E-state index is 0.0994. The molecule has 0 bridgehead atoms. The fourth-order valence-electron chi connectivity index (χ4n) is 3.47. The van der Waals surface area contributed by atoms with Gasteiger partial charge in [0, 0.05) is 12.6 Å². The molecular weight excluding hydrogens is 274 g/mol. The Kier molecular flexibility index (Phi) is 4.31. The largest absolute Gasteiger partial charge is 0.299 e. The number of hydrogen-bond acceptors (Lipinski definition) is 3. The van der Waals surface area contributed by atoms with Crippen molar-refractivity contribution in [3.05, 3.63) is 35.4 Å². The highest BCUT2D eigenvalue weighted by molar-refractivity contribution is 5.98. The van der Waals surface area contributed by atoms with E-state index in [2.05, 4.69) is 4.90 Å². The van der Waals surface area contributed by atoms with Gasteiger partial charge in [-0.1, -0.05) is 6.07 Å². The third kappa shape index (κ3) is 3.14. The molecule has 0 aliphatic carbocycles. The SMILES string of the molecule is O=C(CN1CCCN2CCCC2C1)c1c(F)cccc1F. The molecule has 1 aromatic rings. The van der Waals surface area contributed by atoms with Crippen LogP contribution in [0.3, 0.4) is 0 Å². The smallest absolute Gasteiger partial charge is 0.182 e. The van der Waals surface area contributed by atoms with E-state index in [-0.39, 0.29) is 6.54 Å². The molecule has 2 saturated heterocycles. The summed E-state index contributed by atoms with van der Waals surface area (Å²) in [4.78, 5) is 16.7. The van der Waals surface area contributed by atoms with Crippen molar-refractivity contribution in [1.82, 2.24) is 9.80 Å². The highest BCUT2D eigenvalue weighted by Crippen LogP contribution is 2.22. The summed E-state index contributed by atoms with van der Waals surface area (Å²) < 4.78 is 27.3. The maximum Gasteiger partial charge on any atom is 0.182 e. The van der Waals surface area contributed by atoms with Crippen LogP contribution in [0.1, 0.15) is 29.6 Å². The number of nitrogens with zero attached hydrogens (tertiary/aromatic N) is 2. The first-order valence-corrected chi connectivity index (χ1v) is 7.59. The normalized spacial score (nSPS) is 23.8. The molecule has 21 heavy (non-hydrogen) atoms. The number of halogens is 2. The average molecular weight is 294 g/mol. The quantitative estimate of drug-likeness (QED) is 0.799. The van der Waals surface area contributed by atoms with Crippen LogP contribution in [0.25, 0.3) is 0 Å². The number of rotatable bonds is 3. The number of hydrogen-bond donors (Lipinski definition) is 0. The Morgan fingerprint density at radius 1 is 1.14 bits per heavy atom. The van der Waals surface area contributed by atoms with Crippen molar-refractivity contribution < 1.29 is 13.6 Å². The van der Waals surface area contributed by atoms with Crippen LogP contribution in [0.15, 0.2) is 18.2 Å². The van der Waals surface area contributed by atoms with Gasteiger partial charge in [-0.3, -0.25) is 14.6 Å². The second kappa shape index (κ2) is 6.20. The van der Waals surface area contributed by atoms with E-state index in [1.807, 2.05) is 4.90 Å². The van der Waals surface area contributed by atoms with Gasteiger partial charge in [0.2, 0.25) is 0 Å². The van der Waals surface area contributed by atoms with Crippen LogP contribution in [-0.2, 0) is 0 Å². The molecule has 0 radical (unpaired) electrons. The maximum atomic E-state index is 13.7. The minimum Gasteiger partial charge on any atom is -0.299 e. The monoisotopic (exact) mass is 294 g/mol. The first kappa shape index (κ1) is 14.6. The van der Waals surface area contributed by atoms with Crippen LogP contribution >= 0.6 is 0 Å². The second-order valence-electron chi connectivity index (χ2n) is 5.94. The molecule has 1 unspecified atom stereocenters. The van der Waals surface area contributed by atoms with Crippen LogP contribution in [-0.4, -0.2) is 54.3 Å². The molecule has 5 heteroatoms. The molecule has 2 aliphatic heterocycles. The summed E-state index contributed by atoms with van der Waals surface area (Å²) in [5, 5.41) is 0.